The number of ether oxygens (including phenoxy) is 3. The predicted octanol–water partition coefficient (Wildman–Crippen LogP) is 5.89. The Hall–Kier alpha value is -3.35. The SMILES string of the molecule is CCn1c(COc2ccc(Br)cc2)nnc1SCC(=O)Nc1scc(-c2ccc(OC)cc2)c1C(=O)OC. The molecule has 38 heavy (non-hydrogen) atoms. The van der Waals surface area contributed by atoms with Crippen LogP contribution >= 0.6 is 39.0 Å². The number of thioether (sulfide) groups is 1. The molecule has 0 aliphatic carbocycles. The van der Waals surface area contributed by atoms with Crippen molar-refractivity contribution in [2.75, 3.05) is 25.3 Å². The molecule has 0 bridgehead atoms. The monoisotopic (exact) mass is 616 g/mol. The van der Waals surface area contributed by atoms with E-state index in [4.69, 9.17) is 14.2 Å². The number of nitrogens with zero attached hydrogens (tertiary/aromatic N) is 3. The molecule has 0 aliphatic rings. The molecule has 2 aromatic heterocycles. The zero-order valence-corrected chi connectivity index (χ0v) is 24.1. The molecule has 2 aromatic carbocycles. The lowest BCUT2D eigenvalue weighted by atomic mass is 10.0. The molecule has 0 aliphatic heterocycles. The van der Waals surface area contributed by atoms with Crippen molar-refractivity contribution in [3.8, 4) is 22.6 Å². The fourth-order valence-electron chi connectivity index (χ4n) is 3.56. The Morgan fingerprint density at radius 2 is 1.76 bits per heavy atom. The van der Waals surface area contributed by atoms with Gasteiger partial charge in [-0.3, -0.25) is 4.79 Å². The predicted molar refractivity (Wildman–Crippen MR) is 151 cm³/mol. The van der Waals surface area contributed by atoms with Gasteiger partial charge in [0.15, 0.2) is 11.0 Å². The largest absolute Gasteiger partial charge is 0.497 e. The summed E-state index contributed by atoms with van der Waals surface area (Å²) in [6, 6.07) is 14.9. The minimum Gasteiger partial charge on any atom is -0.497 e. The highest BCUT2D eigenvalue weighted by atomic mass is 79.9. The number of esters is 1. The van der Waals surface area contributed by atoms with Crippen molar-refractivity contribution in [2.24, 2.45) is 0 Å². The number of thiophene rings is 1. The summed E-state index contributed by atoms with van der Waals surface area (Å²) < 4.78 is 18.9. The molecule has 4 rings (SSSR count). The molecular weight excluding hydrogens is 592 g/mol. The number of rotatable bonds is 11. The molecule has 4 aromatic rings. The van der Waals surface area contributed by atoms with Gasteiger partial charge < -0.3 is 24.1 Å². The number of anilines is 1. The summed E-state index contributed by atoms with van der Waals surface area (Å²) in [5.74, 6) is 1.37. The zero-order valence-electron chi connectivity index (χ0n) is 20.9. The second kappa shape index (κ2) is 12.9. The Morgan fingerprint density at radius 3 is 2.42 bits per heavy atom. The van der Waals surface area contributed by atoms with E-state index in [-0.39, 0.29) is 18.3 Å². The van der Waals surface area contributed by atoms with Gasteiger partial charge in [0, 0.05) is 22.0 Å². The second-order valence-electron chi connectivity index (χ2n) is 7.80. The summed E-state index contributed by atoms with van der Waals surface area (Å²) in [6.07, 6.45) is 0. The molecule has 0 spiro atoms. The molecule has 0 radical (unpaired) electrons. The number of methoxy groups -OCH3 is 2. The molecular formula is C26H25BrN4O5S2. The lowest BCUT2D eigenvalue weighted by Crippen LogP contribution is -2.16. The fraction of sp³-hybridized carbons (Fsp3) is 0.231. The van der Waals surface area contributed by atoms with Gasteiger partial charge in [0.1, 0.15) is 28.7 Å². The molecule has 1 N–H and O–H groups in total. The van der Waals surface area contributed by atoms with Gasteiger partial charge in [0.25, 0.3) is 0 Å². The number of hydrogen-bond acceptors (Lipinski definition) is 9. The minimum absolute atomic E-state index is 0.0854. The van der Waals surface area contributed by atoms with Gasteiger partial charge in [-0.1, -0.05) is 39.8 Å². The van der Waals surface area contributed by atoms with Crippen LogP contribution in [-0.4, -0.2) is 46.6 Å². The molecule has 0 atom stereocenters. The van der Waals surface area contributed by atoms with Crippen LogP contribution < -0.4 is 14.8 Å². The van der Waals surface area contributed by atoms with Crippen LogP contribution in [0.1, 0.15) is 23.1 Å². The average molecular weight is 618 g/mol. The van der Waals surface area contributed by atoms with Gasteiger partial charge in [-0.15, -0.1) is 21.5 Å². The Labute approximate surface area is 236 Å². The lowest BCUT2D eigenvalue weighted by molar-refractivity contribution is -0.113. The maximum atomic E-state index is 12.8. The maximum absolute atomic E-state index is 12.8. The van der Waals surface area contributed by atoms with Gasteiger partial charge >= 0.3 is 5.97 Å². The summed E-state index contributed by atoms with van der Waals surface area (Å²) in [7, 11) is 2.90. The summed E-state index contributed by atoms with van der Waals surface area (Å²) in [6.45, 7) is 2.85. The van der Waals surface area contributed by atoms with Crippen LogP contribution in [0.2, 0.25) is 0 Å². The fourth-order valence-corrected chi connectivity index (χ4v) is 5.62. The number of aromatic nitrogens is 3. The van der Waals surface area contributed by atoms with E-state index < -0.39 is 5.97 Å². The summed E-state index contributed by atoms with van der Waals surface area (Å²) in [5, 5.41) is 14.2. The first-order valence-electron chi connectivity index (χ1n) is 11.5. The van der Waals surface area contributed by atoms with Crippen LogP contribution in [0.3, 0.4) is 0 Å². The second-order valence-corrected chi connectivity index (χ2v) is 10.5. The summed E-state index contributed by atoms with van der Waals surface area (Å²) >= 11 is 5.93. The number of hydrogen-bond donors (Lipinski definition) is 1. The zero-order chi connectivity index (χ0) is 27.1. The van der Waals surface area contributed by atoms with E-state index in [0.29, 0.717) is 39.4 Å². The Morgan fingerprint density at radius 1 is 1.05 bits per heavy atom. The number of carbonyl (C=O) groups excluding carboxylic acids is 2. The van der Waals surface area contributed by atoms with Crippen molar-refractivity contribution >= 4 is 55.9 Å². The van der Waals surface area contributed by atoms with E-state index in [1.54, 1.807) is 7.11 Å². The van der Waals surface area contributed by atoms with Crippen molar-refractivity contribution in [1.82, 2.24) is 14.8 Å². The maximum Gasteiger partial charge on any atom is 0.341 e. The molecule has 0 saturated carbocycles. The van der Waals surface area contributed by atoms with E-state index in [1.807, 2.05) is 65.4 Å². The molecule has 0 unspecified atom stereocenters. The summed E-state index contributed by atoms with van der Waals surface area (Å²) in [5.41, 5.74) is 1.80. The topological polar surface area (TPSA) is 105 Å². The molecule has 0 fully saturated rings. The van der Waals surface area contributed by atoms with Gasteiger partial charge in [0.2, 0.25) is 5.91 Å². The van der Waals surface area contributed by atoms with Crippen LogP contribution in [0, 0.1) is 0 Å². The number of nitrogens with one attached hydrogen (secondary N) is 1. The number of amides is 1. The highest BCUT2D eigenvalue weighted by Gasteiger charge is 2.23. The van der Waals surface area contributed by atoms with Crippen molar-refractivity contribution in [2.45, 2.75) is 25.2 Å². The van der Waals surface area contributed by atoms with E-state index in [0.717, 1.165) is 15.8 Å². The van der Waals surface area contributed by atoms with Crippen LogP contribution in [-0.2, 0) is 22.7 Å². The van der Waals surface area contributed by atoms with Crippen LogP contribution in [0.25, 0.3) is 11.1 Å². The average Bonchev–Trinajstić information content (AvgIpc) is 3.54. The Bertz CT molecular complexity index is 1400. The smallest absolute Gasteiger partial charge is 0.341 e. The number of benzene rings is 2. The highest BCUT2D eigenvalue weighted by molar-refractivity contribution is 9.10. The minimum atomic E-state index is -0.527. The molecule has 1 amide bonds. The number of carbonyl (C=O) groups is 2. The third kappa shape index (κ3) is 6.55. The first-order chi connectivity index (χ1) is 18.4. The first kappa shape index (κ1) is 27.7. The van der Waals surface area contributed by atoms with E-state index in [9.17, 15) is 9.59 Å². The van der Waals surface area contributed by atoms with Crippen molar-refractivity contribution in [1.29, 1.82) is 0 Å². The lowest BCUT2D eigenvalue weighted by Gasteiger charge is -2.10. The quantitative estimate of drug-likeness (QED) is 0.164. The van der Waals surface area contributed by atoms with Crippen molar-refractivity contribution in [3.63, 3.8) is 0 Å². The molecule has 0 saturated heterocycles. The summed E-state index contributed by atoms with van der Waals surface area (Å²) in [4.78, 5) is 25.5. The highest BCUT2D eigenvalue weighted by Crippen LogP contribution is 2.37. The van der Waals surface area contributed by atoms with Crippen molar-refractivity contribution < 1.29 is 23.8 Å². The molecule has 9 nitrogen and oxygen atoms in total. The van der Waals surface area contributed by atoms with Gasteiger partial charge in [-0.2, -0.15) is 0 Å². The molecule has 12 heteroatoms. The standard InChI is InChI=1S/C26H25BrN4O5S2/c1-4-31-21(13-36-19-11-7-17(27)8-12-19)29-30-26(31)38-15-22(32)28-24-23(25(33)35-3)20(14-37-24)16-5-9-18(34-2)10-6-16/h5-12,14H,4,13,15H2,1-3H3,(H,28,32). The van der Waals surface area contributed by atoms with Crippen LogP contribution in [0.15, 0.2) is 63.5 Å². The van der Waals surface area contributed by atoms with E-state index >= 15 is 0 Å². The van der Waals surface area contributed by atoms with Crippen molar-refractivity contribution in [3.05, 3.63) is 69.8 Å². The normalized spacial score (nSPS) is 10.7. The van der Waals surface area contributed by atoms with Crippen LogP contribution in [0.4, 0.5) is 5.00 Å². The Balaban J connectivity index is 1.42. The van der Waals surface area contributed by atoms with Gasteiger partial charge in [0.05, 0.1) is 20.0 Å². The first-order valence-corrected chi connectivity index (χ1v) is 14.2. The molecule has 2 heterocycles. The van der Waals surface area contributed by atoms with E-state index in [2.05, 4.69) is 31.4 Å². The van der Waals surface area contributed by atoms with Gasteiger partial charge in [-0.25, -0.2) is 4.79 Å². The number of halogens is 1. The van der Waals surface area contributed by atoms with E-state index in [1.165, 1.54) is 30.2 Å². The molecule has 198 valence electrons. The third-order valence-electron chi connectivity index (χ3n) is 5.46. The third-order valence-corrected chi connectivity index (χ3v) is 7.85. The Kier molecular flexibility index (Phi) is 9.43. The van der Waals surface area contributed by atoms with Crippen LogP contribution in [0.5, 0.6) is 11.5 Å². The van der Waals surface area contributed by atoms with Gasteiger partial charge in [-0.05, 0) is 48.9 Å².